The molecule has 0 saturated carbocycles. The van der Waals surface area contributed by atoms with Crippen LogP contribution in [0.15, 0.2) is 41.3 Å². The zero-order chi connectivity index (χ0) is 17.5. The minimum absolute atomic E-state index is 0.0621. The Morgan fingerprint density at radius 3 is 2.58 bits per heavy atom. The van der Waals surface area contributed by atoms with Crippen molar-refractivity contribution in [3.8, 4) is 5.75 Å². The van der Waals surface area contributed by atoms with E-state index in [2.05, 4.69) is 44.3 Å². The number of ether oxygens (including phenoxy) is 1. The Morgan fingerprint density at radius 2 is 1.96 bits per heavy atom. The summed E-state index contributed by atoms with van der Waals surface area (Å²) >= 11 is 1.22. The summed E-state index contributed by atoms with van der Waals surface area (Å²) in [5.41, 5.74) is 4.76. The molecule has 4 heteroatoms. The van der Waals surface area contributed by atoms with E-state index in [0.717, 1.165) is 34.6 Å². The first kappa shape index (κ1) is 18.4. The number of hydrogen-bond donors (Lipinski definition) is 1. The maximum Gasteiger partial charge on any atom is 0.283 e. The Bertz CT molecular complexity index is 713. The van der Waals surface area contributed by atoms with Crippen molar-refractivity contribution in [2.75, 3.05) is 7.05 Å². The van der Waals surface area contributed by atoms with Crippen LogP contribution < -0.4 is 10.1 Å². The smallest absolute Gasteiger partial charge is 0.283 e. The third-order valence-corrected chi connectivity index (χ3v) is 5.03. The predicted molar refractivity (Wildman–Crippen MR) is 101 cm³/mol. The van der Waals surface area contributed by atoms with Crippen molar-refractivity contribution >= 4 is 17.0 Å². The fourth-order valence-corrected chi connectivity index (χ4v) is 3.36. The summed E-state index contributed by atoms with van der Waals surface area (Å²) in [5, 5.41) is 2.59. The van der Waals surface area contributed by atoms with Gasteiger partial charge < -0.3 is 10.1 Å². The Balaban J connectivity index is 2.23. The van der Waals surface area contributed by atoms with Crippen molar-refractivity contribution in [2.45, 2.75) is 45.1 Å². The van der Waals surface area contributed by atoms with Crippen LogP contribution in [-0.4, -0.2) is 12.3 Å². The molecule has 2 aromatic carbocycles. The van der Waals surface area contributed by atoms with Gasteiger partial charge >= 0.3 is 0 Å². The summed E-state index contributed by atoms with van der Waals surface area (Å²) in [6.07, 6.45) is 1.93. The molecule has 0 fully saturated rings. The molecular formula is C20H25NO2S. The fraction of sp³-hybridized carbons (Fsp3) is 0.350. The van der Waals surface area contributed by atoms with Crippen LogP contribution in [-0.2, 0) is 19.4 Å². The number of hydrogen-bond acceptors (Lipinski definition) is 3. The maximum absolute atomic E-state index is 11.7. The van der Waals surface area contributed by atoms with Crippen LogP contribution in [0.25, 0.3) is 0 Å². The molecule has 0 radical (unpaired) electrons. The lowest BCUT2D eigenvalue weighted by molar-refractivity contribution is 0.262. The molecule has 0 atom stereocenters. The monoisotopic (exact) mass is 343 g/mol. The van der Waals surface area contributed by atoms with E-state index in [1.807, 2.05) is 18.2 Å². The molecule has 1 N–H and O–H groups in total. The van der Waals surface area contributed by atoms with E-state index in [1.54, 1.807) is 7.05 Å². The van der Waals surface area contributed by atoms with Gasteiger partial charge in [0.1, 0.15) is 12.4 Å². The minimum atomic E-state index is -0.0621. The second-order valence-corrected chi connectivity index (χ2v) is 6.64. The Kier molecular flexibility index (Phi) is 6.73. The van der Waals surface area contributed by atoms with Gasteiger partial charge in [-0.15, -0.1) is 0 Å². The minimum Gasteiger partial charge on any atom is -0.489 e. The summed E-state index contributed by atoms with van der Waals surface area (Å²) in [5.74, 6) is 0.897. The third kappa shape index (κ3) is 4.54. The molecular weight excluding hydrogens is 318 g/mol. The first-order valence-corrected chi connectivity index (χ1v) is 9.13. The molecule has 0 bridgehead atoms. The van der Waals surface area contributed by atoms with Gasteiger partial charge in [0.05, 0.1) is 0 Å². The van der Waals surface area contributed by atoms with E-state index in [9.17, 15) is 4.79 Å². The predicted octanol–water partition coefficient (Wildman–Crippen LogP) is 5.13. The lowest BCUT2D eigenvalue weighted by Crippen LogP contribution is -2.12. The van der Waals surface area contributed by atoms with Gasteiger partial charge in [-0.2, -0.15) is 0 Å². The van der Waals surface area contributed by atoms with E-state index in [-0.39, 0.29) is 5.24 Å². The molecule has 0 heterocycles. The zero-order valence-electron chi connectivity index (χ0n) is 14.8. The van der Waals surface area contributed by atoms with Gasteiger partial charge in [0.25, 0.3) is 5.24 Å². The van der Waals surface area contributed by atoms with Crippen molar-refractivity contribution in [3.05, 3.63) is 58.7 Å². The lowest BCUT2D eigenvalue weighted by atomic mass is 10.1. The summed E-state index contributed by atoms with van der Waals surface area (Å²) in [6.45, 7) is 6.81. The van der Waals surface area contributed by atoms with Gasteiger partial charge in [-0.25, -0.2) is 0 Å². The highest BCUT2D eigenvalue weighted by Gasteiger charge is 2.12. The molecule has 24 heavy (non-hydrogen) atoms. The molecule has 0 unspecified atom stereocenters. The van der Waals surface area contributed by atoms with Gasteiger partial charge in [-0.3, -0.25) is 4.79 Å². The largest absolute Gasteiger partial charge is 0.489 e. The number of rotatable bonds is 6. The summed E-state index contributed by atoms with van der Waals surface area (Å²) in [6, 6.07) is 12.4. The van der Waals surface area contributed by atoms with Crippen LogP contribution in [0.2, 0.25) is 0 Å². The van der Waals surface area contributed by atoms with Gasteiger partial charge in [-0.1, -0.05) is 38.1 Å². The number of benzene rings is 2. The van der Waals surface area contributed by atoms with Crippen molar-refractivity contribution in [3.63, 3.8) is 0 Å². The van der Waals surface area contributed by atoms with Gasteiger partial charge in [0.2, 0.25) is 0 Å². The Hall–Kier alpha value is -1.94. The van der Waals surface area contributed by atoms with Crippen LogP contribution in [0.3, 0.4) is 0 Å². The second-order valence-electron chi connectivity index (χ2n) is 5.63. The number of amides is 1. The first-order valence-electron chi connectivity index (χ1n) is 8.31. The van der Waals surface area contributed by atoms with Crippen LogP contribution in [0.1, 0.15) is 36.1 Å². The summed E-state index contributed by atoms with van der Waals surface area (Å²) in [4.78, 5) is 12.7. The first-order chi connectivity index (χ1) is 11.6. The standard InChI is InChI=1S/C20H25NO2S/c1-5-15-10-11-18(14(3)12-15)23-13-17-16(6-2)8-7-9-19(17)24-20(22)21-4/h7-12H,5-6,13H2,1-4H3,(H,21,22). The molecule has 3 nitrogen and oxygen atoms in total. The molecule has 1 amide bonds. The van der Waals surface area contributed by atoms with Crippen molar-refractivity contribution < 1.29 is 9.53 Å². The molecule has 0 saturated heterocycles. The van der Waals surface area contributed by atoms with Gasteiger partial charge in [0.15, 0.2) is 0 Å². The second kappa shape index (κ2) is 8.78. The number of carbonyl (C=O) groups is 1. The highest BCUT2D eigenvalue weighted by molar-refractivity contribution is 8.13. The molecule has 128 valence electrons. The van der Waals surface area contributed by atoms with Crippen LogP contribution >= 0.6 is 11.8 Å². The number of aryl methyl sites for hydroxylation is 3. The number of thioether (sulfide) groups is 1. The number of nitrogens with one attached hydrogen (secondary N) is 1. The molecule has 0 aliphatic carbocycles. The maximum atomic E-state index is 11.7. The Morgan fingerprint density at radius 1 is 1.17 bits per heavy atom. The molecule has 0 aliphatic rings. The van der Waals surface area contributed by atoms with Crippen LogP contribution in [0.4, 0.5) is 4.79 Å². The van der Waals surface area contributed by atoms with Crippen molar-refractivity contribution in [1.82, 2.24) is 5.32 Å². The average Bonchev–Trinajstić information content (AvgIpc) is 2.60. The average molecular weight is 343 g/mol. The molecule has 2 rings (SSSR count). The van der Waals surface area contributed by atoms with E-state index >= 15 is 0 Å². The topological polar surface area (TPSA) is 38.3 Å². The van der Waals surface area contributed by atoms with Gasteiger partial charge in [-0.05, 0) is 60.4 Å². The third-order valence-electron chi connectivity index (χ3n) is 4.04. The summed E-state index contributed by atoms with van der Waals surface area (Å²) < 4.78 is 6.08. The zero-order valence-corrected chi connectivity index (χ0v) is 15.6. The SMILES string of the molecule is CCc1ccc(OCc2c(CC)cccc2SC(=O)NC)c(C)c1. The molecule has 0 aromatic heterocycles. The quantitative estimate of drug-likeness (QED) is 0.739. The highest BCUT2D eigenvalue weighted by atomic mass is 32.2. The number of carbonyl (C=O) groups excluding carboxylic acids is 1. The van der Waals surface area contributed by atoms with E-state index in [1.165, 1.54) is 22.9 Å². The van der Waals surface area contributed by atoms with E-state index in [4.69, 9.17) is 4.74 Å². The van der Waals surface area contributed by atoms with E-state index in [0.29, 0.717) is 6.61 Å². The molecule has 0 aliphatic heterocycles. The van der Waals surface area contributed by atoms with E-state index < -0.39 is 0 Å². The lowest BCUT2D eigenvalue weighted by Gasteiger charge is -2.15. The Labute approximate surface area is 148 Å². The van der Waals surface area contributed by atoms with Gasteiger partial charge in [0, 0.05) is 17.5 Å². The fourth-order valence-electron chi connectivity index (χ4n) is 2.60. The summed E-state index contributed by atoms with van der Waals surface area (Å²) in [7, 11) is 1.65. The molecule has 2 aromatic rings. The molecule has 0 spiro atoms. The highest BCUT2D eigenvalue weighted by Crippen LogP contribution is 2.29. The van der Waals surface area contributed by atoms with Crippen LogP contribution in [0.5, 0.6) is 5.75 Å². The van der Waals surface area contributed by atoms with Crippen LogP contribution in [0, 0.1) is 6.92 Å². The van der Waals surface area contributed by atoms with Crippen molar-refractivity contribution in [2.24, 2.45) is 0 Å². The normalized spacial score (nSPS) is 10.5. The van der Waals surface area contributed by atoms with Crippen molar-refractivity contribution in [1.29, 1.82) is 0 Å².